The summed E-state index contributed by atoms with van der Waals surface area (Å²) in [6.45, 7) is 0.275. The van der Waals surface area contributed by atoms with E-state index in [1.165, 1.54) is 6.07 Å². The van der Waals surface area contributed by atoms with E-state index in [1.54, 1.807) is 37.4 Å². The molecule has 0 saturated heterocycles. The summed E-state index contributed by atoms with van der Waals surface area (Å²) in [5, 5.41) is 15.3. The van der Waals surface area contributed by atoms with E-state index in [2.05, 4.69) is 16.7 Å². The van der Waals surface area contributed by atoms with Gasteiger partial charge >= 0.3 is 0 Å². The normalized spacial score (nSPS) is 9.57. The Morgan fingerprint density at radius 2 is 2.05 bits per heavy atom. The third kappa shape index (κ3) is 5.12. The average molecular weight is 360 g/mol. The molecule has 0 heterocycles. The molecule has 0 saturated carbocycles. The van der Waals surface area contributed by atoms with Crippen LogP contribution in [0.3, 0.4) is 0 Å². The second kappa shape index (κ2) is 8.77. The van der Waals surface area contributed by atoms with Gasteiger partial charge in [-0.3, -0.25) is 4.79 Å². The van der Waals surface area contributed by atoms with Gasteiger partial charge in [0.25, 0.3) is 5.91 Å². The fraction of sp³-hybridized carbons (Fsp3) is 0.133. The number of rotatable bonds is 5. The molecule has 2 aromatic carbocycles. The Morgan fingerprint density at radius 1 is 1.33 bits per heavy atom. The number of hydrogen-bond donors (Lipinski definition) is 3. The predicted molar refractivity (Wildman–Crippen MR) is 76.8 cm³/mol. The number of carbonyl (C=O) groups is 1. The number of benzene rings is 2. The van der Waals surface area contributed by atoms with Gasteiger partial charge in [-0.1, -0.05) is 23.9 Å². The molecule has 5 nitrogen and oxygen atoms in total. The molecule has 0 aliphatic heterocycles. The zero-order valence-electron chi connectivity index (χ0n) is 11.6. The maximum Gasteiger partial charge on any atom is 0.253 e. The number of amides is 1. The third-order valence-corrected chi connectivity index (χ3v) is 2.62. The van der Waals surface area contributed by atoms with Gasteiger partial charge in [-0.2, -0.15) is 6.07 Å². The second-order valence-corrected chi connectivity index (χ2v) is 4.08. The van der Waals surface area contributed by atoms with Crippen molar-refractivity contribution in [2.75, 3.05) is 24.5 Å². The first-order valence-corrected chi connectivity index (χ1v) is 6.04. The van der Waals surface area contributed by atoms with E-state index in [0.717, 1.165) is 0 Å². The van der Waals surface area contributed by atoms with Crippen LogP contribution < -0.4 is 10.6 Å². The number of hydrogen-bond acceptors (Lipinski definition) is 4. The minimum Gasteiger partial charge on any atom is -0.531 e. The molecule has 107 valence electrons. The van der Waals surface area contributed by atoms with Crippen LogP contribution in [0.5, 0.6) is 5.75 Å². The SMILES string of the molecule is COCNc1c[c-]c(NC(=O)c2ccccc2)cc1O.[Y]. The molecular formula is C15H15N2O3Y-. The molecule has 21 heavy (non-hydrogen) atoms. The molecule has 1 radical (unpaired) electrons. The van der Waals surface area contributed by atoms with Crippen molar-refractivity contribution in [3.05, 3.63) is 54.1 Å². The van der Waals surface area contributed by atoms with Crippen molar-refractivity contribution >= 4 is 17.3 Å². The molecule has 0 bridgehead atoms. The number of nitrogens with one attached hydrogen (secondary N) is 2. The van der Waals surface area contributed by atoms with Gasteiger partial charge in [0, 0.05) is 51.1 Å². The fourth-order valence-corrected chi connectivity index (χ4v) is 1.63. The molecule has 0 aromatic heterocycles. The van der Waals surface area contributed by atoms with Gasteiger partial charge in [-0.05, 0) is 17.8 Å². The number of carbonyl (C=O) groups excluding carboxylic acids is 1. The number of ether oxygens (including phenoxy) is 1. The molecule has 2 rings (SSSR count). The van der Waals surface area contributed by atoms with Gasteiger partial charge < -0.3 is 20.5 Å². The van der Waals surface area contributed by atoms with Gasteiger partial charge in [0.05, 0.1) is 0 Å². The summed E-state index contributed by atoms with van der Waals surface area (Å²) in [5.74, 6) is -0.233. The van der Waals surface area contributed by atoms with Crippen molar-refractivity contribution in [2.45, 2.75) is 0 Å². The average Bonchev–Trinajstić information content (AvgIpc) is 2.47. The summed E-state index contributed by atoms with van der Waals surface area (Å²) in [4.78, 5) is 11.9. The van der Waals surface area contributed by atoms with Crippen LogP contribution >= 0.6 is 0 Å². The Balaban J connectivity index is 0.00000220. The van der Waals surface area contributed by atoms with E-state index in [1.807, 2.05) is 6.07 Å². The minimum absolute atomic E-state index is 0. The summed E-state index contributed by atoms with van der Waals surface area (Å²) < 4.78 is 4.85. The van der Waals surface area contributed by atoms with Crippen LogP contribution in [0.4, 0.5) is 11.4 Å². The monoisotopic (exact) mass is 360 g/mol. The molecule has 0 aliphatic carbocycles. The van der Waals surface area contributed by atoms with Crippen molar-refractivity contribution in [1.29, 1.82) is 0 Å². The number of phenolic OH excluding ortho intramolecular Hbond substituents is 1. The van der Waals surface area contributed by atoms with Crippen LogP contribution in [0.2, 0.25) is 0 Å². The molecule has 0 fully saturated rings. The van der Waals surface area contributed by atoms with Crippen molar-refractivity contribution in [3.63, 3.8) is 0 Å². The van der Waals surface area contributed by atoms with Gasteiger partial charge in [-0.25, -0.2) is 0 Å². The number of aromatic hydroxyl groups is 1. The molecule has 0 spiro atoms. The van der Waals surface area contributed by atoms with Gasteiger partial charge in [-0.15, -0.1) is 12.1 Å². The molecule has 2 aromatic rings. The molecule has 0 aliphatic rings. The standard InChI is InChI=1S/C15H15N2O3.Y/c1-20-10-16-13-8-7-12(9-14(13)18)17-15(19)11-5-3-2-4-6-11;/h2-6,8-9,16,18H,10H2,1H3,(H,17,19);/q-1;. The number of anilines is 2. The van der Waals surface area contributed by atoms with Gasteiger partial charge in [0.2, 0.25) is 0 Å². The predicted octanol–water partition coefficient (Wildman–Crippen LogP) is 2.46. The number of phenols is 1. The van der Waals surface area contributed by atoms with Crippen LogP contribution in [0.15, 0.2) is 42.5 Å². The van der Waals surface area contributed by atoms with E-state index >= 15 is 0 Å². The molecule has 3 N–H and O–H groups in total. The molecule has 0 unspecified atom stereocenters. The van der Waals surface area contributed by atoms with E-state index in [4.69, 9.17) is 4.74 Å². The third-order valence-electron chi connectivity index (χ3n) is 2.62. The summed E-state index contributed by atoms with van der Waals surface area (Å²) in [7, 11) is 1.54. The summed E-state index contributed by atoms with van der Waals surface area (Å²) in [6.07, 6.45) is 0. The van der Waals surface area contributed by atoms with Crippen LogP contribution in [0.1, 0.15) is 10.4 Å². The minimum atomic E-state index is -0.251. The molecule has 0 atom stereocenters. The zero-order chi connectivity index (χ0) is 14.4. The zero-order valence-corrected chi connectivity index (χ0v) is 14.4. The fourth-order valence-electron chi connectivity index (χ4n) is 1.63. The second-order valence-electron chi connectivity index (χ2n) is 4.08. The Morgan fingerprint density at radius 3 is 2.67 bits per heavy atom. The van der Waals surface area contributed by atoms with Crippen molar-refractivity contribution in [1.82, 2.24) is 0 Å². The van der Waals surface area contributed by atoms with E-state index in [9.17, 15) is 9.90 Å². The topological polar surface area (TPSA) is 70.6 Å². The van der Waals surface area contributed by atoms with Crippen LogP contribution in [-0.4, -0.2) is 24.9 Å². The van der Waals surface area contributed by atoms with Crippen LogP contribution in [0, 0.1) is 6.07 Å². The molecular weight excluding hydrogens is 345 g/mol. The summed E-state index contributed by atoms with van der Waals surface area (Å²) in [5.41, 5.74) is 1.44. The quantitative estimate of drug-likeness (QED) is 0.435. The smallest absolute Gasteiger partial charge is 0.253 e. The maximum absolute atomic E-state index is 11.9. The summed E-state index contributed by atoms with van der Waals surface area (Å²) in [6, 6.07) is 14.7. The number of methoxy groups -OCH3 is 1. The van der Waals surface area contributed by atoms with E-state index in [0.29, 0.717) is 16.9 Å². The molecule has 6 heteroatoms. The van der Waals surface area contributed by atoms with Crippen molar-refractivity contribution in [2.24, 2.45) is 0 Å². The Hall–Kier alpha value is -1.43. The van der Waals surface area contributed by atoms with Crippen LogP contribution in [0.25, 0.3) is 0 Å². The van der Waals surface area contributed by atoms with Crippen molar-refractivity contribution < 1.29 is 47.3 Å². The van der Waals surface area contributed by atoms with Gasteiger partial charge in [0.15, 0.2) is 0 Å². The Bertz CT molecular complexity index is 591. The first kappa shape index (κ1) is 17.6. The van der Waals surface area contributed by atoms with Gasteiger partial charge in [0.1, 0.15) is 6.73 Å². The first-order chi connectivity index (χ1) is 9.70. The van der Waals surface area contributed by atoms with Crippen molar-refractivity contribution in [3.8, 4) is 5.75 Å². The van der Waals surface area contributed by atoms with E-state index < -0.39 is 0 Å². The van der Waals surface area contributed by atoms with E-state index in [-0.39, 0.29) is 51.1 Å². The summed E-state index contributed by atoms with van der Waals surface area (Å²) >= 11 is 0. The molecule has 1 amide bonds. The Kier molecular flexibility index (Phi) is 7.36. The largest absolute Gasteiger partial charge is 0.531 e. The Labute approximate surface area is 148 Å². The maximum atomic E-state index is 11.9. The van der Waals surface area contributed by atoms with Crippen LogP contribution in [-0.2, 0) is 37.4 Å². The first-order valence-electron chi connectivity index (χ1n) is 6.04.